The summed E-state index contributed by atoms with van der Waals surface area (Å²) in [6.45, 7) is 19.4. The van der Waals surface area contributed by atoms with Crippen LogP contribution in [-0.2, 0) is 14.7 Å². The van der Waals surface area contributed by atoms with E-state index in [1.54, 1.807) is 0 Å². The second-order valence-corrected chi connectivity index (χ2v) is 13.6. The van der Waals surface area contributed by atoms with Crippen LogP contribution >= 0.6 is 0 Å². The van der Waals surface area contributed by atoms with Crippen molar-refractivity contribution in [3.63, 3.8) is 0 Å². The lowest BCUT2D eigenvalue weighted by molar-refractivity contribution is 0.00578. The number of allylic oxidation sites excluding steroid dienone is 10. The predicted molar refractivity (Wildman–Crippen MR) is 192 cm³/mol. The summed E-state index contributed by atoms with van der Waals surface area (Å²) in [5, 5.41) is 0. The van der Waals surface area contributed by atoms with E-state index < -0.39 is 18.3 Å². The van der Waals surface area contributed by atoms with Gasteiger partial charge in [0.2, 0.25) is 0 Å². The maximum absolute atomic E-state index is 6.38. The molecule has 4 heteroatoms. The van der Waals surface area contributed by atoms with E-state index in [2.05, 4.69) is 163 Å². The van der Waals surface area contributed by atoms with Crippen molar-refractivity contribution in [1.29, 1.82) is 0 Å². The minimum absolute atomic E-state index is 0.122. The molecule has 0 atom stereocenters. The van der Waals surface area contributed by atoms with E-state index in [0.29, 0.717) is 0 Å². The highest BCUT2D eigenvalue weighted by Crippen LogP contribution is 2.50. The van der Waals surface area contributed by atoms with E-state index >= 15 is 0 Å². The SMILES string of the molecule is C=C/C(=C(\C=C/C)N(c1ccc(B2OC(C)(C)C(C)(C)O2)cc1)c1ccc2c(c1)C(C)(C)C1=C2C=CCC=C1)c1ccccc1. The first-order chi connectivity index (χ1) is 21.5. The van der Waals surface area contributed by atoms with Crippen LogP contribution in [-0.4, -0.2) is 18.3 Å². The summed E-state index contributed by atoms with van der Waals surface area (Å²) in [7, 11) is -0.417. The van der Waals surface area contributed by atoms with E-state index in [4.69, 9.17) is 9.31 Å². The summed E-state index contributed by atoms with van der Waals surface area (Å²) < 4.78 is 12.8. The molecule has 1 aliphatic heterocycles. The van der Waals surface area contributed by atoms with Crippen molar-refractivity contribution in [3.8, 4) is 0 Å². The summed E-state index contributed by atoms with van der Waals surface area (Å²) in [5.41, 5.74) is 10.8. The molecule has 45 heavy (non-hydrogen) atoms. The van der Waals surface area contributed by atoms with Gasteiger partial charge >= 0.3 is 7.12 Å². The predicted octanol–water partition coefficient (Wildman–Crippen LogP) is 9.86. The van der Waals surface area contributed by atoms with Crippen LogP contribution in [0.3, 0.4) is 0 Å². The topological polar surface area (TPSA) is 21.7 Å². The second-order valence-electron chi connectivity index (χ2n) is 13.6. The van der Waals surface area contributed by atoms with Crippen molar-refractivity contribution >= 4 is 35.1 Å². The molecule has 3 aliphatic rings. The van der Waals surface area contributed by atoms with Crippen molar-refractivity contribution in [2.24, 2.45) is 0 Å². The smallest absolute Gasteiger partial charge is 0.399 e. The van der Waals surface area contributed by atoms with E-state index in [1.165, 1.54) is 22.3 Å². The first-order valence-electron chi connectivity index (χ1n) is 16.0. The van der Waals surface area contributed by atoms with Crippen molar-refractivity contribution in [2.75, 3.05) is 4.90 Å². The normalized spacial score (nSPS) is 19.8. The highest BCUT2D eigenvalue weighted by atomic mass is 16.7. The zero-order chi connectivity index (χ0) is 32.0. The molecule has 0 radical (unpaired) electrons. The lowest BCUT2D eigenvalue weighted by atomic mass is 9.79. The lowest BCUT2D eigenvalue weighted by Crippen LogP contribution is -2.41. The minimum atomic E-state index is -0.417. The Balaban J connectivity index is 1.51. The quantitative estimate of drug-likeness (QED) is 0.201. The Kier molecular flexibility index (Phi) is 8.01. The van der Waals surface area contributed by atoms with Crippen LogP contribution in [0.5, 0.6) is 0 Å². The molecule has 0 unspecified atom stereocenters. The zero-order valence-corrected chi connectivity index (χ0v) is 27.7. The average molecular weight is 594 g/mol. The largest absolute Gasteiger partial charge is 0.494 e. The molecule has 3 aromatic rings. The minimum Gasteiger partial charge on any atom is -0.399 e. The molecule has 3 nitrogen and oxygen atoms in total. The molecule has 228 valence electrons. The fourth-order valence-corrected chi connectivity index (χ4v) is 6.60. The number of nitrogens with zero attached hydrogens (tertiary/aromatic N) is 1. The molecule has 0 amide bonds. The number of hydrogen-bond donors (Lipinski definition) is 0. The molecule has 0 saturated carbocycles. The Morgan fingerprint density at radius 1 is 0.822 bits per heavy atom. The number of benzene rings is 3. The van der Waals surface area contributed by atoms with Gasteiger partial charge in [-0.05, 0) is 105 Å². The molecule has 1 heterocycles. The van der Waals surface area contributed by atoms with Crippen molar-refractivity contribution in [2.45, 2.75) is 71.5 Å². The molecular formula is C41H44BNO2. The van der Waals surface area contributed by atoms with Gasteiger partial charge in [0, 0.05) is 22.4 Å². The molecule has 1 saturated heterocycles. The van der Waals surface area contributed by atoms with E-state index in [0.717, 1.165) is 40.1 Å². The lowest BCUT2D eigenvalue weighted by Gasteiger charge is -2.32. The fourth-order valence-electron chi connectivity index (χ4n) is 6.60. The van der Waals surface area contributed by atoms with Gasteiger partial charge in [0.05, 0.1) is 16.9 Å². The first-order valence-corrected chi connectivity index (χ1v) is 16.0. The Labute approximate surface area is 270 Å². The number of fused-ring (bicyclic) bond motifs is 2. The van der Waals surface area contributed by atoms with Crippen molar-refractivity contribution in [3.05, 3.63) is 150 Å². The van der Waals surface area contributed by atoms with Crippen LogP contribution in [0.4, 0.5) is 11.4 Å². The molecule has 0 spiro atoms. The Bertz CT molecular complexity index is 1750. The van der Waals surface area contributed by atoms with Gasteiger partial charge in [0.15, 0.2) is 0 Å². The van der Waals surface area contributed by atoms with Gasteiger partial charge in [-0.1, -0.05) is 105 Å². The molecule has 0 N–H and O–H groups in total. The molecule has 1 fully saturated rings. The molecule has 0 bridgehead atoms. The third-order valence-electron chi connectivity index (χ3n) is 9.84. The summed E-state index contributed by atoms with van der Waals surface area (Å²) >= 11 is 0. The number of hydrogen-bond acceptors (Lipinski definition) is 3. The van der Waals surface area contributed by atoms with Gasteiger partial charge in [-0.2, -0.15) is 0 Å². The monoisotopic (exact) mass is 593 g/mol. The summed E-state index contributed by atoms with van der Waals surface area (Å²) in [5.74, 6) is 0. The molecule has 2 aliphatic carbocycles. The summed E-state index contributed by atoms with van der Waals surface area (Å²) in [4.78, 5) is 2.35. The van der Waals surface area contributed by atoms with Gasteiger partial charge in [-0.3, -0.25) is 0 Å². The molecular weight excluding hydrogens is 549 g/mol. The highest BCUT2D eigenvalue weighted by molar-refractivity contribution is 6.62. The van der Waals surface area contributed by atoms with E-state index in [9.17, 15) is 0 Å². The third kappa shape index (κ3) is 5.41. The summed E-state index contributed by atoms with van der Waals surface area (Å²) in [6, 6.07) is 26.0. The van der Waals surface area contributed by atoms with Gasteiger partial charge < -0.3 is 14.2 Å². The number of rotatable bonds is 7. The first kappa shape index (κ1) is 30.9. The van der Waals surface area contributed by atoms with Crippen LogP contribution in [0, 0.1) is 0 Å². The average Bonchev–Trinajstić information content (AvgIpc) is 3.22. The third-order valence-corrected chi connectivity index (χ3v) is 9.84. The maximum atomic E-state index is 6.38. The zero-order valence-electron chi connectivity index (χ0n) is 27.7. The van der Waals surface area contributed by atoms with Crippen LogP contribution < -0.4 is 10.4 Å². The van der Waals surface area contributed by atoms with Crippen molar-refractivity contribution < 1.29 is 9.31 Å². The van der Waals surface area contributed by atoms with Gasteiger partial charge in [0.1, 0.15) is 0 Å². The van der Waals surface area contributed by atoms with Gasteiger partial charge in [0.25, 0.3) is 0 Å². The van der Waals surface area contributed by atoms with Crippen LogP contribution in [0.1, 0.15) is 71.6 Å². The Morgan fingerprint density at radius 2 is 1.47 bits per heavy atom. The van der Waals surface area contributed by atoms with Crippen LogP contribution in [0.25, 0.3) is 11.1 Å². The van der Waals surface area contributed by atoms with Crippen LogP contribution in [0.15, 0.2) is 133 Å². The summed E-state index contributed by atoms with van der Waals surface area (Å²) in [6.07, 6.45) is 16.4. The Morgan fingerprint density at radius 3 is 2.11 bits per heavy atom. The second kappa shape index (κ2) is 11.7. The van der Waals surface area contributed by atoms with E-state index in [1.807, 2.05) is 12.1 Å². The Hall–Kier alpha value is -4.12. The van der Waals surface area contributed by atoms with Crippen LogP contribution in [0.2, 0.25) is 0 Å². The van der Waals surface area contributed by atoms with E-state index in [-0.39, 0.29) is 5.41 Å². The maximum Gasteiger partial charge on any atom is 0.494 e. The van der Waals surface area contributed by atoms with Gasteiger partial charge in [-0.15, -0.1) is 0 Å². The van der Waals surface area contributed by atoms with Crippen molar-refractivity contribution in [1.82, 2.24) is 0 Å². The standard InChI is InChI=1S/C41H44BNO2/c1-9-17-38(33(10-2)29-18-13-11-14-19-29)43(31-24-22-30(23-25-31)42-44-40(5,6)41(7,8)45-42)32-26-27-35-34-20-15-12-16-21-36(34)39(3,4)37(35)28-32/h9-11,13-28H,2,12H2,1,3-8H3/b17-9-,38-33-. The molecule has 0 aromatic heterocycles. The highest BCUT2D eigenvalue weighted by Gasteiger charge is 2.51. The molecule has 6 rings (SSSR count). The fraction of sp³-hybridized carbons (Fsp3) is 0.268. The molecule has 3 aromatic carbocycles. The van der Waals surface area contributed by atoms with Gasteiger partial charge in [-0.25, -0.2) is 0 Å². The number of anilines is 2.